The summed E-state index contributed by atoms with van der Waals surface area (Å²) in [6.07, 6.45) is 5.28. The van der Waals surface area contributed by atoms with Gasteiger partial charge in [-0.25, -0.2) is 0 Å². The summed E-state index contributed by atoms with van der Waals surface area (Å²) in [6.45, 7) is 0.651. The van der Waals surface area contributed by atoms with Crippen LogP contribution in [0.15, 0.2) is 54.6 Å². The molecular weight excluding hydrogens is 286 g/mol. The maximum Gasteiger partial charge on any atom is 0.227 e. The molecule has 1 saturated carbocycles. The molecule has 3 heteroatoms. The molecule has 0 aliphatic heterocycles. The molecule has 3 rings (SSSR count). The van der Waals surface area contributed by atoms with Crippen LogP contribution in [0.1, 0.15) is 31.2 Å². The molecule has 120 valence electrons. The fourth-order valence-corrected chi connectivity index (χ4v) is 3.00. The monoisotopic (exact) mass is 309 g/mol. The molecule has 0 saturated heterocycles. The van der Waals surface area contributed by atoms with Crippen LogP contribution in [-0.4, -0.2) is 12.5 Å². The Labute approximate surface area is 137 Å². The standard InChI is InChI=1S/C20H23NO2/c22-20(17-8-4-5-9-17)21-18-10-12-19(13-11-18)23-15-14-16-6-2-1-3-7-16/h1-3,6-7,10-13,17H,4-5,8-9,14-15H2,(H,21,22). The highest BCUT2D eigenvalue weighted by atomic mass is 16.5. The Morgan fingerprint density at radius 2 is 1.70 bits per heavy atom. The summed E-state index contributed by atoms with van der Waals surface area (Å²) in [5.74, 6) is 1.18. The average molecular weight is 309 g/mol. The summed E-state index contributed by atoms with van der Waals surface area (Å²) >= 11 is 0. The van der Waals surface area contributed by atoms with E-state index in [-0.39, 0.29) is 11.8 Å². The van der Waals surface area contributed by atoms with Crippen LogP contribution in [0.3, 0.4) is 0 Å². The molecule has 0 bridgehead atoms. The van der Waals surface area contributed by atoms with Crippen molar-refractivity contribution in [3.05, 3.63) is 60.2 Å². The van der Waals surface area contributed by atoms with Crippen molar-refractivity contribution in [2.24, 2.45) is 5.92 Å². The van der Waals surface area contributed by atoms with Gasteiger partial charge in [-0.3, -0.25) is 4.79 Å². The first kappa shape index (κ1) is 15.6. The molecule has 1 aliphatic carbocycles. The molecule has 1 aliphatic rings. The van der Waals surface area contributed by atoms with Gasteiger partial charge < -0.3 is 10.1 Å². The molecule has 2 aromatic rings. The van der Waals surface area contributed by atoms with Crippen molar-refractivity contribution in [3.63, 3.8) is 0 Å². The lowest BCUT2D eigenvalue weighted by molar-refractivity contribution is -0.119. The van der Waals surface area contributed by atoms with E-state index in [2.05, 4.69) is 17.4 Å². The Hall–Kier alpha value is -2.29. The minimum Gasteiger partial charge on any atom is -0.493 e. The van der Waals surface area contributed by atoms with Crippen molar-refractivity contribution < 1.29 is 9.53 Å². The van der Waals surface area contributed by atoms with E-state index in [1.165, 1.54) is 18.4 Å². The quantitative estimate of drug-likeness (QED) is 0.857. The zero-order valence-electron chi connectivity index (χ0n) is 13.3. The third-order valence-corrected chi connectivity index (χ3v) is 4.35. The topological polar surface area (TPSA) is 38.3 Å². The van der Waals surface area contributed by atoms with E-state index in [4.69, 9.17) is 4.74 Å². The van der Waals surface area contributed by atoms with E-state index in [1.807, 2.05) is 42.5 Å². The molecule has 0 unspecified atom stereocenters. The molecule has 1 N–H and O–H groups in total. The van der Waals surface area contributed by atoms with Gasteiger partial charge in [0.2, 0.25) is 5.91 Å². The molecule has 3 nitrogen and oxygen atoms in total. The lowest BCUT2D eigenvalue weighted by Crippen LogP contribution is -2.20. The average Bonchev–Trinajstić information content (AvgIpc) is 3.12. The number of hydrogen-bond acceptors (Lipinski definition) is 2. The number of anilines is 1. The van der Waals surface area contributed by atoms with Crippen LogP contribution in [0.5, 0.6) is 5.75 Å². The number of nitrogens with one attached hydrogen (secondary N) is 1. The largest absolute Gasteiger partial charge is 0.493 e. The number of carbonyl (C=O) groups is 1. The van der Waals surface area contributed by atoms with Crippen molar-refractivity contribution in [1.82, 2.24) is 0 Å². The third kappa shape index (κ3) is 4.59. The fourth-order valence-electron chi connectivity index (χ4n) is 3.00. The molecule has 0 aromatic heterocycles. The van der Waals surface area contributed by atoms with Crippen LogP contribution in [0, 0.1) is 5.92 Å². The second-order valence-corrected chi connectivity index (χ2v) is 6.08. The molecule has 1 amide bonds. The molecule has 0 heterocycles. The van der Waals surface area contributed by atoms with Gasteiger partial charge in [0.05, 0.1) is 6.61 Å². The lowest BCUT2D eigenvalue weighted by atomic mass is 10.1. The first-order valence-electron chi connectivity index (χ1n) is 8.39. The summed E-state index contributed by atoms with van der Waals surface area (Å²) in [4.78, 5) is 12.1. The fraction of sp³-hybridized carbons (Fsp3) is 0.350. The Kier molecular flexibility index (Phi) is 5.30. The van der Waals surface area contributed by atoms with Crippen LogP contribution in [0.2, 0.25) is 0 Å². The van der Waals surface area contributed by atoms with Crippen LogP contribution in [0.25, 0.3) is 0 Å². The normalized spacial score (nSPS) is 14.6. The Balaban J connectivity index is 1.46. The highest BCUT2D eigenvalue weighted by molar-refractivity contribution is 5.92. The summed E-state index contributed by atoms with van der Waals surface area (Å²) in [7, 11) is 0. The van der Waals surface area contributed by atoms with Crippen molar-refractivity contribution in [3.8, 4) is 5.75 Å². The summed E-state index contributed by atoms with van der Waals surface area (Å²) in [6, 6.07) is 17.9. The molecule has 0 atom stereocenters. The first-order valence-corrected chi connectivity index (χ1v) is 8.39. The van der Waals surface area contributed by atoms with E-state index in [0.717, 1.165) is 30.7 Å². The van der Waals surface area contributed by atoms with Gasteiger partial charge in [-0.2, -0.15) is 0 Å². The van der Waals surface area contributed by atoms with Gasteiger partial charge in [0, 0.05) is 18.0 Å². The van der Waals surface area contributed by atoms with Gasteiger partial charge in [-0.1, -0.05) is 43.2 Å². The van der Waals surface area contributed by atoms with E-state index < -0.39 is 0 Å². The second kappa shape index (κ2) is 7.82. The molecule has 1 fully saturated rings. The molecule has 0 radical (unpaired) electrons. The third-order valence-electron chi connectivity index (χ3n) is 4.35. The zero-order chi connectivity index (χ0) is 15.9. The van der Waals surface area contributed by atoms with Gasteiger partial charge in [-0.15, -0.1) is 0 Å². The predicted octanol–water partition coefficient (Wildman–Crippen LogP) is 4.44. The van der Waals surface area contributed by atoms with Gasteiger partial charge in [0.15, 0.2) is 0 Å². The van der Waals surface area contributed by atoms with Crippen LogP contribution in [-0.2, 0) is 11.2 Å². The Bertz CT molecular complexity index is 616. The number of ether oxygens (including phenoxy) is 1. The maximum atomic E-state index is 12.1. The summed E-state index contributed by atoms with van der Waals surface area (Å²) < 4.78 is 5.76. The van der Waals surface area contributed by atoms with Crippen LogP contribution in [0.4, 0.5) is 5.69 Å². The van der Waals surface area contributed by atoms with Crippen molar-refractivity contribution >= 4 is 11.6 Å². The van der Waals surface area contributed by atoms with Crippen LogP contribution < -0.4 is 10.1 Å². The number of carbonyl (C=O) groups excluding carboxylic acids is 1. The van der Waals surface area contributed by atoms with Crippen LogP contribution >= 0.6 is 0 Å². The molecular formula is C20H23NO2. The number of benzene rings is 2. The first-order chi connectivity index (χ1) is 11.3. The number of amides is 1. The minimum absolute atomic E-state index is 0.153. The van der Waals surface area contributed by atoms with E-state index >= 15 is 0 Å². The highest BCUT2D eigenvalue weighted by Gasteiger charge is 2.22. The van der Waals surface area contributed by atoms with E-state index in [0.29, 0.717) is 6.61 Å². The van der Waals surface area contributed by atoms with Crippen molar-refractivity contribution in [1.29, 1.82) is 0 Å². The molecule has 0 spiro atoms. The zero-order valence-corrected chi connectivity index (χ0v) is 13.3. The van der Waals surface area contributed by atoms with Gasteiger partial charge >= 0.3 is 0 Å². The molecule has 2 aromatic carbocycles. The lowest BCUT2D eigenvalue weighted by Gasteiger charge is -2.11. The van der Waals surface area contributed by atoms with Gasteiger partial charge in [0.1, 0.15) is 5.75 Å². The Morgan fingerprint density at radius 1 is 1.00 bits per heavy atom. The SMILES string of the molecule is O=C(Nc1ccc(OCCc2ccccc2)cc1)C1CCCC1. The van der Waals surface area contributed by atoms with Crippen molar-refractivity contribution in [2.75, 3.05) is 11.9 Å². The Morgan fingerprint density at radius 3 is 2.39 bits per heavy atom. The van der Waals surface area contributed by atoms with Gasteiger partial charge in [-0.05, 0) is 42.7 Å². The van der Waals surface area contributed by atoms with E-state index in [1.54, 1.807) is 0 Å². The van der Waals surface area contributed by atoms with Crippen molar-refractivity contribution in [2.45, 2.75) is 32.1 Å². The maximum absolute atomic E-state index is 12.1. The minimum atomic E-state index is 0.153. The number of rotatable bonds is 6. The van der Waals surface area contributed by atoms with E-state index in [9.17, 15) is 4.79 Å². The smallest absolute Gasteiger partial charge is 0.227 e. The molecule has 23 heavy (non-hydrogen) atoms. The summed E-state index contributed by atoms with van der Waals surface area (Å²) in [5.41, 5.74) is 2.12. The summed E-state index contributed by atoms with van der Waals surface area (Å²) in [5, 5.41) is 3.00. The predicted molar refractivity (Wildman–Crippen MR) is 92.7 cm³/mol. The highest BCUT2D eigenvalue weighted by Crippen LogP contribution is 2.26. The second-order valence-electron chi connectivity index (χ2n) is 6.08. The van der Waals surface area contributed by atoms with Gasteiger partial charge in [0.25, 0.3) is 0 Å². The number of hydrogen-bond donors (Lipinski definition) is 1.